The van der Waals surface area contributed by atoms with Crippen LogP contribution in [0.2, 0.25) is 5.02 Å². The minimum absolute atomic E-state index is 0.126. The van der Waals surface area contributed by atoms with E-state index < -0.39 is 5.82 Å². The summed E-state index contributed by atoms with van der Waals surface area (Å²) in [5.74, 6) is -0.210. The number of ether oxygens (including phenoxy) is 1. The van der Waals surface area contributed by atoms with Crippen molar-refractivity contribution in [2.45, 2.75) is 18.9 Å². The van der Waals surface area contributed by atoms with Crippen molar-refractivity contribution in [2.75, 3.05) is 13.1 Å². The molecule has 0 bridgehead atoms. The molecule has 2 aromatic rings. The zero-order valence-corrected chi connectivity index (χ0v) is 13.5. The number of amides is 1. The normalized spacial score (nSPS) is 15.4. The van der Waals surface area contributed by atoms with Crippen LogP contribution in [0.25, 0.3) is 0 Å². The van der Waals surface area contributed by atoms with E-state index in [-0.39, 0.29) is 34.3 Å². The molecule has 8 heteroatoms. The van der Waals surface area contributed by atoms with Crippen LogP contribution in [-0.2, 0) is 0 Å². The predicted octanol–water partition coefficient (Wildman–Crippen LogP) is 2.62. The first-order valence-corrected chi connectivity index (χ1v) is 7.90. The van der Waals surface area contributed by atoms with Gasteiger partial charge in [0.15, 0.2) is 0 Å². The number of carbonyl (C=O) groups is 1. The van der Waals surface area contributed by atoms with E-state index in [9.17, 15) is 9.18 Å². The molecule has 1 aliphatic heterocycles. The summed E-state index contributed by atoms with van der Waals surface area (Å²) in [6.45, 7) is 1.23. The Morgan fingerprint density at radius 2 is 2.04 bits per heavy atom. The van der Waals surface area contributed by atoms with Gasteiger partial charge in [-0.25, -0.2) is 14.4 Å². The van der Waals surface area contributed by atoms with Crippen LogP contribution < -0.4 is 10.5 Å². The van der Waals surface area contributed by atoms with Gasteiger partial charge in [-0.15, -0.1) is 0 Å². The topological polar surface area (TPSA) is 81.3 Å². The first-order chi connectivity index (χ1) is 11.5. The Morgan fingerprint density at radius 3 is 2.67 bits per heavy atom. The molecule has 24 heavy (non-hydrogen) atoms. The number of hydrogen-bond donors (Lipinski definition) is 1. The number of hydrogen-bond acceptors (Lipinski definition) is 5. The number of halogens is 2. The lowest BCUT2D eigenvalue weighted by atomic mass is 10.1. The molecular formula is C16H16ClFN4O2. The second-order valence-electron chi connectivity index (χ2n) is 5.55. The Balaban J connectivity index is 1.68. The third kappa shape index (κ3) is 3.80. The highest BCUT2D eigenvalue weighted by atomic mass is 35.5. The molecule has 1 aromatic heterocycles. The van der Waals surface area contributed by atoms with E-state index >= 15 is 0 Å². The molecule has 2 heterocycles. The molecule has 0 unspecified atom stereocenters. The summed E-state index contributed by atoms with van der Waals surface area (Å²) in [6.07, 6.45) is 4.25. The number of likely N-dealkylation sites (tertiary alicyclic amines) is 1. The summed E-state index contributed by atoms with van der Waals surface area (Å²) in [4.78, 5) is 22.2. The van der Waals surface area contributed by atoms with Crippen LogP contribution >= 0.6 is 11.6 Å². The van der Waals surface area contributed by atoms with Crippen LogP contribution in [0, 0.1) is 5.82 Å². The molecular weight excluding hydrogens is 335 g/mol. The van der Waals surface area contributed by atoms with E-state index in [1.807, 2.05) is 0 Å². The van der Waals surface area contributed by atoms with Gasteiger partial charge < -0.3 is 15.4 Å². The van der Waals surface area contributed by atoms with Gasteiger partial charge in [-0.1, -0.05) is 11.6 Å². The van der Waals surface area contributed by atoms with Crippen LogP contribution in [0.3, 0.4) is 0 Å². The Hall–Kier alpha value is -2.25. The first-order valence-electron chi connectivity index (χ1n) is 7.53. The van der Waals surface area contributed by atoms with Crippen molar-refractivity contribution in [3.63, 3.8) is 0 Å². The number of piperidine rings is 1. The van der Waals surface area contributed by atoms with Gasteiger partial charge in [0, 0.05) is 19.1 Å². The minimum Gasteiger partial charge on any atom is -0.436 e. The van der Waals surface area contributed by atoms with E-state index in [0.29, 0.717) is 13.1 Å². The fraction of sp³-hybridized carbons (Fsp3) is 0.312. The maximum Gasteiger partial charge on any atom is 0.274 e. The maximum atomic E-state index is 13.0. The first kappa shape index (κ1) is 16.6. The molecule has 1 amide bonds. The van der Waals surface area contributed by atoms with Crippen LogP contribution in [0.4, 0.5) is 4.39 Å². The standard InChI is InChI=1S/C16H16ClFN4O2/c17-12-7-10(18)1-2-14(12)24-15-9-20-13(8-21-15)16(23)22-5-3-11(19)4-6-22/h1-2,7-9,11H,3-6,19H2. The maximum absolute atomic E-state index is 13.0. The number of rotatable bonds is 3. The third-order valence-electron chi connectivity index (χ3n) is 3.78. The van der Waals surface area contributed by atoms with Crippen molar-refractivity contribution in [1.82, 2.24) is 14.9 Å². The largest absolute Gasteiger partial charge is 0.436 e. The number of carbonyl (C=O) groups excluding carboxylic acids is 1. The number of nitrogens with two attached hydrogens (primary N) is 1. The average Bonchev–Trinajstić information content (AvgIpc) is 2.58. The zero-order chi connectivity index (χ0) is 17.1. The van der Waals surface area contributed by atoms with Gasteiger partial charge in [-0.05, 0) is 31.0 Å². The predicted molar refractivity (Wildman–Crippen MR) is 86.6 cm³/mol. The van der Waals surface area contributed by atoms with Gasteiger partial charge >= 0.3 is 0 Å². The summed E-state index contributed by atoms with van der Waals surface area (Å²) >= 11 is 5.89. The average molecular weight is 351 g/mol. The summed E-state index contributed by atoms with van der Waals surface area (Å²) in [6, 6.07) is 3.92. The lowest BCUT2D eigenvalue weighted by Gasteiger charge is -2.29. The smallest absolute Gasteiger partial charge is 0.274 e. The SMILES string of the molecule is NC1CCN(C(=O)c2cnc(Oc3ccc(F)cc3Cl)cn2)CC1. The van der Waals surface area contributed by atoms with Gasteiger partial charge in [0.25, 0.3) is 5.91 Å². The molecule has 0 aliphatic carbocycles. The molecule has 1 aromatic carbocycles. The molecule has 0 radical (unpaired) electrons. The highest BCUT2D eigenvalue weighted by molar-refractivity contribution is 6.32. The monoisotopic (exact) mass is 350 g/mol. The fourth-order valence-electron chi connectivity index (χ4n) is 2.41. The molecule has 1 aliphatic rings. The Kier molecular flexibility index (Phi) is 4.92. The van der Waals surface area contributed by atoms with Gasteiger partial charge in [-0.3, -0.25) is 4.79 Å². The van der Waals surface area contributed by atoms with Crippen LogP contribution in [0.15, 0.2) is 30.6 Å². The molecule has 0 atom stereocenters. The van der Waals surface area contributed by atoms with Crippen LogP contribution in [0.1, 0.15) is 23.3 Å². The van der Waals surface area contributed by atoms with Crippen molar-refractivity contribution < 1.29 is 13.9 Å². The van der Waals surface area contributed by atoms with Gasteiger partial charge in [0.05, 0.1) is 17.4 Å². The molecule has 1 saturated heterocycles. The van der Waals surface area contributed by atoms with Gasteiger partial charge in [0.1, 0.15) is 17.3 Å². The lowest BCUT2D eigenvalue weighted by molar-refractivity contribution is 0.0708. The molecule has 0 spiro atoms. The van der Waals surface area contributed by atoms with E-state index in [1.54, 1.807) is 4.90 Å². The van der Waals surface area contributed by atoms with E-state index in [2.05, 4.69) is 9.97 Å². The van der Waals surface area contributed by atoms with Crippen molar-refractivity contribution in [3.05, 3.63) is 47.1 Å². The Bertz CT molecular complexity index is 733. The summed E-state index contributed by atoms with van der Waals surface area (Å²) in [7, 11) is 0. The molecule has 1 fully saturated rings. The quantitative estimate of drug-likeness (QED) is 0.920. The fourth-order valence-corrected chi connectivity index (χ4v) is 2.62. The molecule has 3 rings (SSSR count). The van der Waals surface area contributed by atoms with Crippen LogP contribution in [-0.4, -0.2) is 39.9 Å². The van der Waals surface area contributed by atoms with Crippen molar-refractivity contribution in [2.24, 2.45) is 5.73 Å². The van der Waals surface area contributed by atoms with Gasteiger partial charge in [0.2, 0.25) is 5.88 Å². The second kappa shape index (κ2) is 7.11. The molecule has 2 N–H and O–H groups in total. The summed E-state index contributed by atoms with van der Waals surface area (Å²) in [5.41, 5.74) is 6.07. The minimum atomic E-state index is -0.458. The summed E-state index contributed by atoms with van der Waals surface area (Å²) in [5, 5.41) is 0.126. The highest BCUT2D eigenvalue weighted by Crippen LogP contribution is 2.28. The summed E-state index contributed by atoms with van der Waals surface area (Å²) < 4.78 is 18.5. The van der Waals surface area contributed by atoms with Crippen LogP contribution in [0.5, 0.6) is 11.6 Å². The third-order valence-corrected chi connectivity index (χ3v) is 4.08. The molecule has 126 valence electrons. The number of nitrogens with zero attached hydrogens (tertiary/aromatic N) is 3. The highest BCUT2D eigenvalue weighted by Gasteiger charge is 2.22. The van der Waals surface area contributed by atoms with Crippen molar-refractivity contribution in [1.29, 1.82) is 0 Å². The van der Waals surface area contributed by atoms with Crippen molar-refractivity contribution >= 4 is 17.5 Å². The second-order valence-corrected chi connectivity index (χ2v) is 5.95. The molecule has 0 saturated carbocycles. The van der Waals surface area contributed by atoms with Crippen molar-refractivity contribution in [3.8, 4) is 11.6 Å². The zero-order valence-electron chi connectivity index (χ0n) is 12.8. The Morgan fingerprint density at radius 1 is 1.29 bits per heavy atom. The van der Waals surface area contributed by atoms with Gasteiger partial charge in [-0.2, -0.15) is 0 Å². The van der Waals surface area contributed by atoms with E-state index in [0.717, 1.165) is 18.9 Å². The van der Waals surface area contributed by atoms with E-state index in [1.165, 1.54) is 24.5 Å². The number of benzene rings is 1. The molecule has 6 nitrogen and oxygen atoms in total. The van der Waals surface area contributed by atoms with E-state index in [4.69, 9.17) is 22.1 Å². The number of aromatic nitrogens is 2. The lowest BCUT2D eigenvalue weighted by Crippen LogP contribution is -2.43. The Labute approximate surface area is 143 Å².